The summed E-state index contributed by atoms with van der Waals surface area (Å²) in [5, 5.41) is 13.7. The average molecular weight is 489 g/mol. The zero-order valence-electron chi connectivity index (χ0n) is 21.7. The Hall–Kier alpha value is -2.85. The number of nitrogens with one attached hydrogen (secondary N) is 2. The molecule has 196 valence electrons. The molecule has 2 amide bonds. The minimum Gasteiger partial charge on any atom is -0.481 e. The largest absolute Gasteiger partial charge is 0.481 e. The first kappa shape index (κ1) is 31.1. The van der Waals surface area contributed by atoms with Crippen LogP contribution in [0.15, 0.2) is 0 Å². The molecule has 2 unspecified atom stereocenters. The molecule has 2 atom stereocenters. The van der Waals surface area contributed by atoms with Crippen LogP contribution < -0.4 is 10.6 Å². The Balaban J connectivity index is 5.43. The van der Waals surface area contributed by atoms with E-state index in [0.29, 0.717) is 0 Å². The van der Waals surface area contributed by atoms with E-state index in [1.54, 1.807) is 62.3 Å². The van der Waals surface area contributed by atoms with E-state index >= 15 is 0 Å². The molecular weight excluding hydrogens is 448 g/mol. The molecule has 0 saturated carbocycles. The smallest absolute Gasteiger partial charge is 0.329 e. The van der Waals surface area contributed by atoms with Crippen LogP contribution in [0.3, 0.4) is 0 Å². The molecule has 0 rings (SSSR count). The maximum atomic E-state index is 12.6. The second kappa shape index (κ2) is 12.6. The third-order valence-electron chi connectivity index (χ3n) is 3.70. The van der Waals surface area contributed by atoms with Crippen LogP contribution >= 0.6 is 0 Å². The molecule has 0 heterocycles. The van der Waals surface area contributed by atoms with Crippen LogP contribution in [0.5, 0.6) is 0 Å². The molecule has 0 aromatic rings. The second-order valence-electron chi connectivity index (χ2n) is 10.8. The summed E-state index contributed by atoms with van der Waals surface area (Å²) in [7, 11) is 0. The number of carbonyl (C=O) groups excluding carboxylic acids is 4. The summed E-state index contributed by atoms with van der Waals surface area (Å²) in [6.07, 6.45) is -0.884. The van der Waals surface area contributed by atoms with Crippen LogP contribution in [-0.4, -0.2) is 63.9 Å². The van der Waals surface area contributed by atoms with Gasteiger partial charge in [0.1, 0.15) is 28.9 Å². The Morgan fingerprint density at radius 1 is 0.647 bits per heavy atom. The van der Waals surface area contributed by atoms with Crippen molar-refractivity contribution >= 4 is 29.9 Å². The van der Waals surface area contributed by atoms with Crippen molar-refractivity contribution in [2.45, 2.75) is 117 Å². The van der Waals surface area contributed by atoms with Gasteiger partial charge in [0.05, 0.1) is 0 Å². The van der Waals surface area contributed by atoms with Crippen LogP contribution in [0, 0.1) is 0 Å². The number of urea groups is 1. The Bertz CT molecular complexity index is 743. The maximum Gasteiger partial charge on any atom is 0.329 e. The molecule has 0 spiro atoms. The molecule has 11 nitrogen and oxygen atoms in total. The summed E-state index contributed by atoms with van der Waals surface area (Å²) in [6, 6.07) is -3.40. The molecule has 0 saturated heterocycles. The normalized spacial score (nSPS) is 13.8. The number of carboxylic acids is 1. The van der Waals surface area contributed by atoms with Gasteiger partial charge in [-0.25, -0.2) is 14.4 Å². The quantitative estimate of drug-likeness (QED) is 0.310. The van der Waals surface area contributed by atoms with Gasteiger partial charge in [0.25, 0.3) is 0 Å². The molecule has 0 radical (unpaired) electrons. The topological polar surface area (TPSA) is 157 Å². The third-order valence-corrected chi connectivity index (χ3v) is 3.70. The number of carbonyl (C=O) groups is 5. The third kappa shape index (κ3) is 15.9. The number of rotatable bonds is 10. The van der Waals surface area contributed by atoms with E-state index in [-0.39, 0.29) is 19.3 Å². The molecule has 3 N–H and O–H groups in total. The predicted molar refractivity (Wildman–Crippen MR) is 123 cm³/mol. The highest BCUT2D eigenvalue weighted by molar-refractivity contribution is 5.88. The summed E-state index contributed by atoms with van der Waals surface area (Å²) in [5.74, 6) is -3.30. The molecule has 0 aliphatic carbocycles. The van der Waals surface area contributed by atoms with Crippen molar-refractivity contribution in [1.29, 1.82) is 0 Å². The van der Waals surface area contributed by atoms with Gasteiger partial charge >= 0.3 is 29.9 Å². The fourth-order valence-electron chi connectivity index (χ4n) is 2.52. The Kier molecular flexibility index (Phi) is 11.5. The molecule has 0 aliphatic heterocycles. The fraction of sp³-hybridized carbons (Fsp3) is 0.783. The molecule has 11 heteroatoms. The zero-order chi connectivity index (χ0) is 26.9. The zero-order valence-corrected chi connectivity index (χ0v) is 21.7. The van der Waals surface area contributed by atoms with E-state index in [0.717, 1.165) is 0 Å². The predicted octanol–water partition coefficient (Wildman–Crippen LogP) is 2.69. The first-order valence-electron chi connectivity index (χ1n) is 11.1. The number of carboxylic acid groups (broad SMARTS) is 1. The number of ether oxygens (including phenoxy) is 3. The van der Waals surface area contributed by atoms with Gasteiger partial charge in [-0.1, -0.05) is 0 Å². The van der Waals surface area contributed by atoms with Crippen LogP contribution in [0.25, 0.3) is 0 Å². The molecule has 0 aliphatic rings. The van der Waals surface area contributed by atoms with E-state index in [2.05, 4.69) is 10.6 Å². The van der Waals surface area contributed by atoms with E-state index in [1.165, 1.54) is 0 Å². The molecule has 0 aromatic carbocycles. The van der Waals surface area contributed by atoms with Crippen molar-refractivity contribution < 1.29 is 43.3 Å². The Morgan fingerprint density at radius 2 is 1.00 bits per heavy atom. The minimum atomic E-state index is -1.26. The monoisotopic (exact) mass is 488 g/mol. The van der Waals surface area contributed by atoms with Crippen LogP contribution in [-0.2, 0) is 33.4 Å². The van der Waals surface area contributed by atoms with Crippen molar-refractivity contribution in [3.63, 3.8) is 0 Å². The van der Waals surface area contributed by atoms with Crippen molar-refractivity contribution in [2.24, 2.45) is 0 Å². The fourth-order valence-corrected chi connectivity index (χ4v) is 2.52. The lowest BCUT2D eigenvalue weighted by Gasteiger charge is -2.27. The molecular formula is C23H40N2O9. The van der Waals surface area contributed by atoms with Crippen LogP contribution in [0.1, 0.15) is 88.0 Å². The number of esters is 3. The lowest BCUT2D eigenvalue weighted by atomic mass is 10.1. The van der Waals surface area contributed by atoms with Crippen molar-refractivity contribution in [3.8, 4) is 0 Å². The highest BCUT2D eigenvalue weighted by atomic mass is 16.6. The molecule has 0 aromatic heterocycles. The molecule has 0 fully saturated rings. The van der Waals surface area contributed by atoms with Gasteiger partial charge in [-0.3, -0.25) is 9.59 Å². The lowest BCUT2D eigenvalue weighted by Crippen LogP contribution is -2.53. The van der Waals surface area contributed by atoms with Crippen LogP contribution in [0.2, 0.25) is 0 Å². The minimum absolute atomic E-state index is 0.108. The number of amides is 2. The molecule has 0 bridgehead atoms. The number of aliphatic carboxylic acids is 1. The molecule has 34 heavy (non-hydrogen) atoms. The Morgan fingerprint density at radius 3 is 1.32 bits per heavy atom. The van der Waals surface area contributed by atoms with Crippen molar-refractivity contribution in [3.05, 3.63) is 0 Å². The number of hydrogen-bond acceptors (Lipinski definition) is 8. The van der Waals surface area contributed by atoms with E-state index in [9.17, 15) is 24.0 Å². The summed E-state index contributed by atoms with van der Waals surface area (Å²) in [5.41, 5.74) is -2.42. The highest BCUT2D eigenvalue weighted by Crippen LogP contribution is 2.14. The summed E-state index contributed by atoms with van der Waals surface area (Å²) in [4.78, 5) is 60.7. The van der Waals surface area contributed by atoms with Gasteiger partial charge < -0.3 is 30.0 Å². The van der Waals surface area contributed by atoms with Gasteiger partial charge in [0, 0.05) is 12.8 Å². The highest BCUT2D eigenvalue weighted by Gasteiger charge is 2.31. The average Bonchev–Trinajstić information content (AvgIpc) is 2.57. The summed E-state index contributed by atoms with van der Waals surface area (Å²) >= 11 is 0. The van der Waals surface area contributed by atoms with E-state index in [4.69, 9.17) is 19.3 Å². The lowest BCUT2D eigenvalue weighted by molar-refractivity contribution is -0.159. The Labute approximate surface area is 201 Å². The summed E-state index contributed by atoms with van der Waals surface area (Å²) in [6.45, 7) is 15.0. The van der Waals surface area contributed by atoms with Crippen LogP contribution in [0.4, 0.5) is 4.79 Å². The van der Waals surface area contributed by atoms with E-state index < -0.39 is 65.2 Å². The van der Waals surface area contributed by atoms with Gasteiger partial charge in [-0.05, 0) is 75.2 Å². The van der Waals surface area contributed by atoms with Gasteiger partial charge in [0.15, 0.2) is 0 Å². The second-order valence-corrected chi connectivity index (χ2v) is 10.8. The number of hydrogen-bond donors (Lipinski definition) is 3. The van der Waals surface area contributed by atoms with Gasteiger partial charge in [-0.2, -0.15) is 0 Å². The van der Waals surface area contributed by atoms with Crippen molar-refractivity contribution in [2.75, 3.05) is 0 Å². The SMILES string of the molecule is CC(C)(C)OC(=O)CCC(NC(=O)NC(CCC(=O)O)C(=O)OC(C)(C)C)C(=O)OC(C)(C)C. The van der Waals surface area contributed by atoms with E-state index in [1.807, 2.05) is 0 Å². The maximum absolute atomic E-state index is 12.6. The van der Waals surface area contributed by atoms with Gasteiger partial charge in [-0.15, -0.1) is 0 Å². The summed E-state index contributed by atoms with van der Waals surface area (Å²) < 4.78 is 15.8. The standard InChI is InChI=1S/C23H40N2O9/c1-21(2,3)32-17(28)13-11-15(19(30)34-23(7,8)9)25-20(31)24-14(10-12-16(26)27)18(29)33-22(4,5)6/h14-15H,10-13H2,1-9H3,(H,26,27)(H2,24,25,31). The van der Waals surface area contributed by atoms with Gasteiger partial charge in [0.2, 0.25) is 0 Å². The first-order chi connectivity index (χ1) is 15.2. The van der Waals surface area contributed by atoms with Crippen molar-refractivity contribution in [1.82, 2.24) is 10.6 Å². The first-order valence-corrected chi connectivity index (χ1v) is 11.1.